The van der Waals surface area contributed by atoms with Crippen LogP contribution >= 0.6 is 11.3 Å². The van der Waals surface area contributed by atoms with Crippen molar-refractivity contribution < 1.29 is 0 Å². The summed E-state index contributed by atoms with van der Waals surface area (Å²) in [6, 6.07) is 0.362. The third kappa shape index (κ3) is 3.03. The van der Waals surface area contributed by atoms with E-state index in [1.165, 1.54) is 24.3 Å². The molecule has 2 heterocycles. The SMILES string of the molecule is CC(NCC1(C)CCCCN1)c1nccs1. The van der Waals surface area contributed by atoms with Crippen molar-refractivity contribution in [2.75, 3.05) is 13.1 Å². The van der Waals surface area contributed by atoms with Crippen LogP contribution in [0.1, 0.15) is 44.2 Å². The van der Waals surface area contributed by atoms with Gasteiger partial charge in [0.05, 0.1) is 6.04 Å². The van der Waals surface area contributed by atoms with E-state index >= 15 is 0 Å². The predicted molar refractivity (Wildman–Crippen MR) is 68.8 cm³/mol. The van der Waals surface area contributed by atoms with Crippen molar-refractivity contribution in [3.63, 3.8) is 0 Å². The molecule has 1 saturated heterocycles. The summed E-state index contributed by atoms with van der Waals surface area (Å²) in [7, 11) is 0. The fourth-order valence-corrected chi connectivity index (χ4v) is 2.85. The summed E-state index contributed by atoms with van der Waals surface area (Å²) in [5.41, 5.74) is 0.268. The number of hydrogen-bond acceptors (Lipinski definition) is 4. The molecule has 2 unspecified atom stereocenters. The highest BCUT2D eigenvalue weighted by Crippen LogP contribution is 2.20. The van der Waals surface area contributed by atoms with Crippen LogP contribution in [-0.2, 0) is 0 Å². The van der Waals surface area contributed by atoms with Gasteiger partial charge in [-0.25, -0.2) is 4.98 Å². The summed E-state index contributed by atoms with van der Waals surface area (Å²) in [5.74, 6) is 0. The lowest BCUT2D eigenvalue weighted by Crippen LogP contribution is -2.52. The maximum absolute atomic E-state index is 4.34. The Hall–Kier alpha value is -0.450. The van der Waals surface area contributed by atoms with Crippen LogP contribution in [0.2, 0.25) is 0 Å². The lowest BCUT2D eigenvalue weighted by atomic mass is 9.91. The Labute approximate surface area is 102 Å². The molecule has 0 bridgehead atoms. The highest BCUT2D eigenvalue weighted by molar-refractivity contribution is 7.09. The van der Waals surface area contributed by atoms with E-state index in [9.17, 15) is 0 Å². The molecule has 1 aromatic heterocycles. The van der Waals surface area contributed by atoms with Crippen LogP contribution in [-0.4, -0.2) is 23.6 Å². The number of thiazole rings is 1. The molecule has 0 aliphatic carbocycles. The largest absolute Gasteiger partial charge is 0.310 e. The first-order valence-electron chi connectivity index (χ1n) is 6.07. The number of rotatable bonds is 4. The minimum atomic E-state index is 0.268. The quantitative estimate of drug-likeness (QED) is 0.846. The fraction of sp³-hybridized carbons (Fsp3) is 0.750. The number of nitrogens with one attached hydrogen (secondary N) is 2. The number of nitrogens with zero attached hydrogens (tertiary/aromatic N) is 1. The molecule has 16 heavy (non-hydrogen) atoms. The molecule has 2 N–H and O–H groups in total. The first-order chi connectivity index (χ1) is 7.70. The Kier molecular flexibility index (Phi) is 3.95. The highest BCUT2D eigenvalue weighted by Gasteiger charge is 2.26. The standard InChI is InChI=1S/C12H21N3S/c1-10(11-13-7-8-16-11)14-9-12(2)5-3-4-6-15-12/h7-8,10,14-15H,3-6,9H2,1-2H3. The van der Waals surface area contributed by atoms with Crippen LogP contribution in [0.3, 0.4) is 0 Å². The minimum absolute atomic E-state index is 0.268. The summed E-state index contributed by atoms with van der Waals surface area (Å²) in [5, 5.41) is 10.4. The molecule has 0 aromatic carbocycles. The number of piperidine rings is 1. The molecule has 3 nitrogen and oxygen atoms in total. The average Bonchev–Trinajstić information content (AvgIpc) is 2.80. The fourth-order valence-electron chi connectivity index (χ4n) is 2.18. The summed E-state index contributed by atoms with van der Waals surface area (Å²) in [6.07, 6.45) is 5.80. The van der Waals surface area contributed by atoms with Crippen LogP contribution in [0.15, 0.2) is 11.6 Å². The van der Waals surface area contributed by atoms with Crippen LogP contribution in [0.25, 0.3) is 0 Å². The topological polar surface area (TPSA) is 37.0 Å². The number of aromatic nitrogens is 1. The van der Waals surface area contributed by atoms with Crippen molar-refractivity contribution >= 4 is 11.3 Å². The third-order valence-corrected chi connectivity index (χ3v) is 4.29. The smallest absolute Gasteiger partial charge is 0.109 e. The van der Waals surface area contributed by atoms with Crippen molar-refractivity contribution in [3.05, 3.63) is 16.6 Å². The van der Waals surface area contributed by atoms with Gasteiger partial charge < -0.3 is 10.6 Å². The molecule has 2 rings (SSSR count). The van der Waals surface area contributed by atoms with Crippen LogP contribution in [0, 0.1) is 0 Å². The van der Waals surface area contributed by atoms with Crippen molar-refractivity contribution in [2.24, 2.45) is 0 Å². The second kappa shape index (κ2) is 5.25. The zero-order valence-electron chi connectivity index (χ0n) is 10.1. The average molecular weight is 239 g/mol. The van der Waals surface area contributed by atoms with Crippen molar-refractivity contribution in [2.45, 2.75) is 44.7 Å². The van der Waals surface area contributed by atoms with Gasteiger partial charge in [0.2, 0.25) is 0 Å². The van der Waals surface area contributed by atoms with E-state index in [0.717, 1.165) is 13.1 Å². The normalized spacial score (nSPS) is 27.9. The molecule has 1 aliphatic rings. The van der Waals surface area contributed by atoms with Crippen LogP contribution in [0.4, 0.5) is 0 Å². The van der Waals surface area contributed by atoms with E-state index in [2.05, 4.69) is 29.5 Å². The molecule has 90 valence electrons. The molecule has 4 heteroatoms. The Morgan fingerprint density at radius 1 is 1.62 bits per heavy atom. The lowest BCUT2D eigenvalue weighted by Gasteiger charge is -2.36. The molecule has 0 radical (unpaired) electrons. The highest BCUT2D eigenvalue weighted by atomic mass is 32.1. The third-order valence-electron chi connectivity index (χ3n) is 3.33. The summed E-state index contributed by atoms with van der Waals surface area (Å²) < 4.78 is 0. The van der Waals surface area contributed by atoms with Gasteiger partial charge in [-0.15, -0.1) is 11.3 Å². The molecule has 0 amide bonds. The van der Waals surface area contributed by atoms with E-state index in [1.54, 1.807) is 11.3 Å². The zero-order chi connectivity index (χ0) is 11.4. The second-order valence-electron chi connectivity index (χ2n) is 4.92. The molecular formula is C12H21N3S. The minimum Gasteiger partial charge on any atom is -0.310 e. The molecule has 0 spiro atoms. The molecule has 2 atom stereocenters. The van der Waals surface area contributed by atoms with E-state index in [4.69, 9.17) is 0 Å². The summed E-state index contributed by atoms with van der Waals surface area (Å²) >= 11 is 1.72. The van der Waals surface area contributed by atoms with Gasteiger partial charge in [-0.3, -0.25) is 0 Å². The van der Waals surface area contributed by atoms with Gasteiger partial charge in [-0.05, 0) is 33.2 Å². The Morgan fingerprint density at radius 2 is 2.50 bits per heavy atom. The van der Waals surface area contributed by atoms with Gasteiger partial charge in [-0.1, -0.05) is 6.42 Å². The maximum Gasteiger partial charge on any atom is 0.109 e. The molecule has 1 aromatic rings. The molecule has 0 saturated carbocycles. The second-order valence-corrected chi connectivity index (χ2v) is 5.84. The zero-order valence-corrected chi connectivity index (χ0v) is 10.9. The van der Waals surface area contributed by atoms with Crippen LogP contribution in [0.5, 0.6) is 0 Å². The van der Waals surface area contributed by atoms with Crippen molar-refractivity contribution in [3.8, 4) is 0 Å². The Balaban J connectivity index is 1.82. The van der Waals surface area contributed by atoms with E-state index in [1.807, 2.05) is 11.6 Å². The number of hydrogen-bond donors (Lipinski definition) is 2. The summed E-state index contributed by atoms with van der Waals surface area (Å²) in [6.45, 7) is 6.68. The van der Waals surface area contributed by atoms with E-state index < -0.39 is 0 Å². The van der Waals surface area contributed by atoms with Gasteiger partial charge in [0.25, 0.3) is 0 Å². The first kappa shape index (κ1) is 12.0. The molecular weight excluding hydrogens is 218 g/mol. The molecule has 1 fully saturated rings. The van der Waals surface area contributed by atoms with Crippen LogP contribution < -0.4 is 10.6 Å². The van der Waals surface area contributed by atoms with Crippen molar-refractivity contribution in [1.82, 2.24) is 15.6 Å². The van der Waals surface area contributed by atoms with Gasteiger partial charge in [0.1, 0.15) is 5.01 Å². The van der Waals surface area contributed by atoms with Gasteiger partial charge >= 0.3 is 0 Å². The lowest BCUT2D eigenvalue weighted by molar-refractivity contribution is 0.260. The Bertz CT molecular complexity index is 304. The monoisotopic (exact) mass is 239 g/mol. The van der Waals surface area contributed by atoms with Gasteiger partial charge in [0.15, 0.2) is 0 Å². The Morgan fingerprint density at radius 3 is 3.12 bits per heavy atom. The van der Waals surface area contributed by atoms with E-state index in [0.29, 0.717) is 6.04 Å². The predicted octanol–water partition coefficient (Wildman–Crippen LogP) is 2.33. The van der Waals surface area contributed by atoms with Gasteiger partial charge in [0, 0.05) is 23.7 Å². The summed E-state index contributed by atoms with van der Waals surface area (Å²) in [4.78, 5) is 4.34. The van der Waals surface area contributed by atoms with Gasteiger partial charge in [-0.2, -0.15) is 0 Å². The van der Waals surface area contributed by atoms with E-state index in [-0.39, 0.29) is 5.54 Å². The molecule has 1 aliphatic heterocycles. The first-order valence-corrected chi connectivity index (χ1v) is 6.95. The maximum atomic E-state index is 4.34. The van der Waals surface area contributed by atoms with Crippen molar-refractivity contribution in [1.29, 1.82) is 0 Å².